The van der Waals surface area contributed by atoms with Crippen molar-refractivity contribution >= 4 is 23.2 Å². The maximum Gasteiger partial charge on any atom is 0.268 e. The van der Waals surface area contributed by atoms with Crippen molar-refractivity contribution in [2.45, 2.75) is 0 Å². The summed E-state index contributed by atoms with van der Waals surface area (Å²) in [5.74, 6) is 0.256. The van der Waals surface area contributed by atoms with E-state index in [1.165, 1.54) is 12.5 Å². The third-order valence-corrected chi connectivity index (χ3v) is 1.95. The van der Waals surface area contributed by atoms with Gasteiger partial charge < -0.3 is 4.42 Å². The highest BCUT2D eigenvalue weighted by atomic mass is 35.5. The van der Waals surface area contributed by atoms with Gasteiger partial charge in [0.15, 0.2) is 10.8 Å². The Morgan fingerprint density at radius 1 is 1.15 bits per heavy atom. The van der Waals surface area contributed by atoms with Crippen LogP contribution in [0.3, 0.4) is 0 Å². The van der Waals surface area contributed by atoms with Crippen LogP contribution >= 0.6 is 23.2 Å². The highest BCUT2D eigenvalue weighted by molar-refractivity contribution is 6.41. The molecule has 0 radical (unpaired) electrons. The molecule has 0 saturated carbocycles. The minimum absolute atomic E-state index is 0.143. The molecule has 0 aromatic carbocycles. The summed E-state index contributed by atoms with van der Waals surface area (Å²) >= 11 is 11.3. The number of hydrogen-bond donors (Lipinski definition) is 0. The number of rotatable bonds is 1. The third kappa shape index (κ3) is 1.61. The van der Waals surface area contributed by atoms with Crippen LogP contribution in [0.4, 0.5) is 0 Å². The molecule has 2 aromatic rings. The van der Waals surface area contributed by atoms with E-state index < -0.39 is 0 Å². The Morgan fingerprint density at radius 2 is 2.00 bits per heavy atom. The number of nitrogens with zero attached hydrogens (tertiary/aromatic N) is 4. The fraction of sp³-hybridized carbons (Fsp3) is 0. The first-order valence-corrected chi connectivity index (χ1v) is 3.98. The summed E-state index contributed by atoms with van der Waals surface area (Å²) in [4.78, 5) is 0. The molecular formula is C6H2Cl2N4O. The Labute approximate surface area is 82.7 Å². The summed E-state index contributed by atoms with van der Waals surface area (Å²) in [5.41, 5.74) is 0.395. The van der Waals surface area contributed by atoms with E-state index >= 15 is 0 Å². The van der Waals surface area contributed by atoms with Crippen LogP contribution in [-0.4, -0.2) is 20.4 Å². The lowest BCUT2D eigenvalue weighted by Crippen LogP contribution is -1.88. The van der Waals surface area contributed by atoms with Gasteiger partial charge in [-0.05, 0) is 6.07 Å². The SMILES string of the molecule is Clc1cc(-c2nnco2)nnc1Cl. The van der Waals surface area contributed by atoms with Crippen molar-refractivity contribution in [3.8, 4) is 11.6 Å². The number of halogens is 2. The zero-order valence-corrected chi connectivity index (χ0v) is 7.62. The van der Waals surface area contributed by atoms with Crippen LogP contribution in [0, 0.1) is 0 Å². The summed E-state index contributed by atoms with van der Waals surface area (Å²) in [7, 11) is 0. The van der Waals surface area contributed by atoms with Gasteiger partial charge in [-0.2, -0.15) is 0 Å². The molecule has 7 heteroatoms. The summed E-state index contributed by atoms with van der Waals surface area (Å²) in [6.45, 7) is 0. The van der Waals surface area contributed by atoms with E-state index in [4.69, 9.17) is 27.6 Å². The predicted molar refractivity (Wildman–Crippen MR) is 45.3 cm³/mol. The van der Waals surface area contributed by atoms with Crippen molar-refractivity contribution < 1.29 is 4.42 Å². The van der Waals surface area contributed by atoms with E-state index in [2.05, 4.69) is 20.4 Å². The summed E-state index contributed by atoms with van der Waals surface area (Å²) in [6, 6.07) is 1.50. The van der Waals surface area contributed by atoms with Gasteiger partial charge in [0.25, 0.3) is 5.89 Å². The van der Waals surface area contributed by atoms with Crippen molar-refractivity contribution in [1.29, 1.82) is 0 Å². The fourth-order valence-corrected chi connectivity index (χ4v) is 0.977. The molecule has 0 unspecified atom stereocenters. The van der Waals surface area contributed by atoms with Gasteiger partial charge in [-0.15, -0.1) is 20.4 Å². The smallest absolute Gasteiger partial charge is 0.268 e. The Morgan fingerprint density at radius 3 is 2.62 bits per heavy atom. The molecule has 2 aromatic heterocycles. The molecule has 0 aliphatic heterocycles. The van der Waals surface area contributed by atoms with Gasteiger partial charge in [-0.3, -0.25) is 0 Å². The first kappa shape index (κ1) is 8.40. The van der Waals surface area contributed by atoms with Gasteiger partial charge in [0.1, 0.15) is 0 Å². The molecule has 66 valence electrons. The van der Waals surface area contributed by atoms with Gasteiger partial charge in [0.2, 0.25) is 6.39 Å². The molecule has 0 N–H and O–H groups in total. The van der Waals surface area contributed by atoms with Crippen molar-refractivity contribution in [3.63, 3.8) is 0 Å². The second-order valence-corrected chi connectivity index (χ2v) is 2.88. The predicted octanol–water partition coefficient (Wildman–Crippen LogP) is 1.83. The molecular weight excluding hydrogens is 215 g/mol. The van der Waals surface area contributed by atoms with Crippen LogP contribution in [0.2, 0.25) is 10.2 Å². The lowest BCUT2D eigenvalue weighted by atomic mass is 10.4. The molecule has 5 nitrogen and oxygen atoms in total. The van der Waals surface area contributed by atoms with Crippen LogP contribution in [-0.2, 0) is 0 Å². The van der Waals surface area contributed by atoms with Crippen LogP contribution in [0.25, 0.3) is 11.6 Å². The lowest BCUT2D eigenvalue weighted by molar-refractivity contribution is 0.565. The maximum atomic E-state index is 5.71. The second kappa shape index (κ2) is 3.27. The molecule has 0 fully saturated rings. The first-order chi connectivity index (χ1) is 6.27. The summed E-state index contributed by atoms with van der Waals surface area (Å²) in [5, 5.41) is 14.9. The van der Waals surface area contributed by atoms with Gasteiger partial charge in [0.05, 0.1) is 5.02 Å². The molecule has 2 rings (SSSR count). The minimum Gasteiger partial charge on any atom is -0.422 e. The largest absolute Gasteiger partial charge is 0.422 e. The van der Waals surface area contributed by atoms with Crippen molar-refractivity contribution in [2.75, 3.05) is 0 Å². The Kier molecular flexibility index (Phi) is 2.12. The normalized spacial score (nSPS) is 10.3. The highest BCUT2D eigenvalue weighted by Crippen LogP contribution is 2.22. The molecule has 0 amide bonds. The standard InChI is InChI=1S/C6H2Cl2N4O/c7-3-1-4(10-11-5(3)8)6-12-9-2-13-6/h1-2H. The maximum absolute atomic E-state index is 5.71. The van der Waals surface area contributed by atoms with E-state index in [1.54, 1.807) is 0 Å². The molecule has 0 aliphatic carbocycles. The zero-order chi connectivity index (χ0) is 9.26. The van der Waals surface area contributed by atoms with Gasteiger partial charge in [-0.1, -0.05) is 23.2 Å². The number of hydrogen-bond acceptors (Lipinski definition) is 5. The van der Waals surface area contributed by atoms with E-state index in [1.807, 2.05) is 0 Å². The Hall–Kier alpha value is -1.20. The molecule has 13 heavy (non-hydrogen) atoms. The first-order valence-electron chi connectivity index (χ1n) is 3.22. The van der Waals surface area contributed by atoms with Crippen LogP contribution in [0.5, 0.6) is 0 Å². The van der Waals surface area contributed by atoms with E-state index in [0.29, 0.717) is 10.7 Å². The van der Waals surface area contributed by atoms with Crippen LogP contribution in [0.1, 0.15) is 0 Å². The zero-order valence-electron chi connectivity index (χ0n) is 6.11. The minimum atomic E-state index is 0.143. The fourth-order valence-electron chi connectivity index (χ4n) is 0.743. The lowest BCUT2D eigenvalue weighted by Gasteiger charge is -1.94. The van der Waals surface area contributed by atoms with E-state index in [0.717, 1.165) is 0 Å². The average molecular weight is 217 g/mol. The van der Waals surface area contributed by atoms with E-state index in [9.17, 15) is 0 Å². The third-order valence-electron chi connectivity index (χ3n) is 1.29. The summed E-state index contributed by atoms with van der Waals surface area (Å²) in [6.07, 6.45) is 1.19. The molecule has 0 spiro atoms. The van der Waals surface area contributed by atoms with Crippen molar-refractivity contribution in [1.82, 2.24) is 20.4 Å². The Balaban J connectivity index is 2.49. The molecule has 0 atom stereocenters. The topological polar surface area (TPSA) is 64.7 Å². The monoisotopic (exact) mass is 216 g/mol. The summed E-state index contributed by atoms with van der Waals surface area (Å²) < 4.78 is 4.89. The highest BCUT2D eigenvalue weighted by Gasteiger charge is 2.08. The average Bonchev–Trinajstić information content (AvgIpc) is 2.62. The number of aromatic nitrogens is 4. The van der Waals surface area contributed by atoms with E-state index in [-0.39, 0.29) is 11.0 Å². The van der Waals surface area contributed by atoms with Crippen molar-refractivity contribution in [3.05, 3.63) is 22.6 Å². The quantitative estimate of drug-likeness (QED) is 0.728. The van der Waals surface area contributed by atoms with Crippen LogP contribution < -0.4 is 0 Å². The van der Waals surface area contributed by atoms with Gasteiger partial charge in [0, 0.05) is 0 Å². The molecule has 2 heterocycles. The molecule has 0 saturated heterocycles. The molecule has 0 aliphatic rings. The molecule has 0 bridgehead atoms. The van der Waals surface area contributed by atoms with Crippen molar-refractivity contribution in [2.24, 2.45) is 0 Å². The van der Waals surface area contributed by atoms with Gasteiger partial charge >= 0.3 is 0 Å². The van der Waals surface area contributed by atoms with Gasteiger partial charge in [-0.25, -0.2) is 0 Å². The van der Waals surface area contributed by atoms with Crippen LogP contribution in [0.15, 0.2) is 16.9 Å². The Bertz CT molecular complexity index is 417. The second-order valence-electron chi connectivity index (χ2n) is 2.11.